The maximum absolute atomic E-state index is 5.96. The smallest absolute Gasteiger partial charge is 0.123 e. The molecule has 0 spiro atoms. The maximum Gasteiger partial charge on any atom is 0.123 e. The van der Waals surface area contributed by atoms with Crippen molar-refractivity contribution < 1.29 is 9.47 Å². The molecule has 0 bridgehead atoms. The first-order chi connectivity index (χ1) is 11.1. The summed E-state index contributed by atoms with van der Waals surface area (Å²) < 4.78 is 11.5. The van der Waals surface area contributed by atoms with Crippen LogP contribution in [0.2, 0.25) is 0 Å². The first-order valence-electron chi connectivity index (χ1n) is 7.97. The number of morpholine rings is 1. The Bertz CT molecular complexity index is 627. The summed E-state index contributed by atoms with van der Waals surface area (Å²) in [5.74, 6) is 0. The van der Waals surface area contributed by atoms with E-state index in [0.717, 1.165) is 36.9 Å². The fraction of sp³-hybridized carbons (Fsp3) is 0.500. The second kappa shape index (κ2) is 7.09. The summed E-state index contributed by atoms with van der Waals surface area (Å²) in [6.07, 6.45) is 0.0545. The van der Waals surface area contributed by atoms with Crippen molar-refractivity contribution in [3.8, 4) is 0 Å². The largest absolute Gasteiger partial charge is 0.372 e. The topological polar surface area (TPSA) is 34.6 Å². The Kier molecular flexibility index (Phi) is 5.11. The zero-order chi connectivity index (χ0) is 16.3. The molecule has 2 aromatic rings. The van der Waals surface area contributed by atoms with Gasteiger partial charge in [0, 0.05) is 32.1 Å². The zero-order valence-corrected chi connectivity index (χ0v) is 14.8. The summed E-state index contributed by atoms with van der Waals surface area (Å²) in [5, 5.41) is 3.13. The van der Waals surface area contributed by atoms with Crippen LogP contribution < -0.4 is 0 Å². The van der Waals surface area contributed by atoms with Crippen molar-refractivity contribution in [2.24, 2.45) is 0 Å². The lowest BCUT2D eigenvalue weighted by atomic mass is 10.1. The number of nitrogens with zero attached hydrogens (tertiary/aromatic N) is 2. The molecule has 1 aliphatic heterocycles. The normalized spacial score (nSPS) is 19.9. The van der Waals surface area contributed by atoms with Crippen LogP contribution in [0.1, 0.15) is 36.2 Å². The lowest BCUT2D eigenvalue weighted by Gasteiger charge is -2.32. The van der Waals surface area contributed by atoms with E-state index < -0.39 is 0 Å². The number of rotatable bonds is 5. The summed E-state index contributed by atoms with van der Waals surface area (Å²) in [7, 11) is 1.72. The third-order valence-electron chi connectivity index (χ3n) is 4.32. The van der Waals surface area contributed by atoms with Gasteiger partial charge in [-0.15, -0.1) is 11.3 Å². The van der Waals surface area contributed by atoms with Crippen LogP contribution in [0.4, 0.5) is 0 Å². The minimum Gasteiger partial charge on any atom is -0.372 e. The Morgan fingerprint density at radius 3 is 2.87 bits per heavy atom. The molecule has 5 heteroatoms. The van der Waals surface area contributed by atoms with Gasteiger partial charge in [0.05, 0.1) is 12.3 Å². The lowest BCUT2D eigenvalue weighted by molar-refractivity contribution is -0.0337. The van der Waals surface area contributed by atoms with Crippen molar-refractivity contribution in [1.82, 2.24) is 9.88 Å². The standard InChI is InChI=1S/C18H24N2O2S/c1-18(2,21-3)16-13-23-17(19-16)15-12-20(9-10-22-15)11-14-7-5-4-6-8-14/h4-8,13,15H,9-12H2,1-3H3. The van der Waals surface area contributed by atoms with Gasteiger partial charge in [-0.1, -0.05) is 30.3 Å². The van der Waals surface area contributed by atoms with Crippen molar-refractivity contribution in [3.05, 3.63) is 52.0 Å². The molecule has 1 aliphatic rings. The summed E-state index contributed by atoms with van der Waals surface area (Å²) >= 11 is 1.66. The van der Waals surface area contributed by atoms with Crippen LogP contribution in [-0.2, 0) is 21.6 Å². The van der Waals surface area contributed by atoms with E-state index in [-0.39, 0.29) is 11.7 Å². The predicted octanol–water partition coefficient (Wildman–Crippen LogP) is 3.60. The fourth-order valence-corrected chi connectivity index (χ4v) is 3.67. The zero-order valence-electron chi connectivity index (χ0n) is 14.0. The quantitative estimate of drug-likeness (QED) is 0.838. The third kappa shape index (κ3) is 3.98. The van der Waals surface area contributed by atoms with E-state index in [0.29, 0.717) is 0 Å². The molecule has 0 saturated carbocycles. The predicted molar refractivity (Wildman–Crippen MR) is 92.6 cm³/mol. The SMILES string of the molecule is COC(C)(C)c1csc(C2CN(Cc3ccccc3)CCO2)n1. The fourth-order valence-electron chi connectivity index (χ4n) is 2.65. The molecule has 1 unspecified atom stereocenters. The Morgan fingerprint density at radius 1 is 1.35 bits per heavy atom. The molecule has 2 heterocycles. The molecule has 0 N–H and O–H groups in total. The molecule has 23 heavy (non-hydrogen) atoms. The van der Waals surface area contributed by atoms with E-state index in [9.17, 15) is 0 Å². The van der Waals surface area contributed by atoms with E-state index >= 15 is 0 Å². The van der Waals surface area contributed by atoms with Gasteiger partial charge < -0.3 is 9.47 Å². The van der Waals surface area contributed by atoms with Gasteiger partial charge in [-0.2, -0.15) is 0 Å². The number of methoxy groups -OCH3 is 1. The van der Waals surface area contributed by atoms with Crippen molar-refractivity contribution in [2.75, 3.05) is 26.8 Å². The molecule has 1 fully saturated rings. The lowest BCUT2D eigenvalue weighted by Crippen LogP contribution is -2.37. The van der Waals surface area contributed by atoms with Gasteiger partial charge in [0.25, 0.3) is 0 Å². The van der Waals surface area contributed by atoms with Crippen LogP contribution in [0, 0.1) is 0 Å². The molecule has 1 aromatic heterocycles. The highest BCUT2D eigenvalue weighted by Gasteiger charge is 2.28. The molecule has 124 valence electrons. The molecule has 3 rings (SSSR count). The van der Waals surface area contributed by atoms with Crippen LogP contribution in [0.3, 0.4) is 0 Å². The molecular formula is C18H24N2O2S. The van der Waals surface area contributed by atoms with Gasteiger partial charge in [-0.05, 0) is 19.4 Å². The molecule has 0 aliphatic carbocycles. The molecule has 4 nitrogen and oxygen atoms in total. The molecule has 1 aromatic carbocycles. The van der Waals surface area contributed by atoms with Crippen molar-refractivity contribution in [3.63, 3.8) is 0 Å². The van der Waals surface area contributed by atoms with Crippen molar-refractivity contribution in [2.45, 2.75) is 32.1 Å². The number of aromatic nitrogens is 1. The highest BCUT2D eigenvalue weighted by Crippen LogP contribution is 2.31. The molecule has 0 radical (unpaired) electrons. The number of ether oxygens (including phenoxy) is 2. The van der Waals surface area contributed by atoms with Gasteiger partial charge >= 0.3 is 0 Å². The number of benzene rings is 1. The van der Waals surface area contributed by atoms with Crippen LogP contribution in [0.5, 0.6) is 0 Å². The van der Waals surface area contributed by atoms with Gasteiger partial charge in [-0.3, -0.25) is 4.90 Å². The monoisotopic (exact) mass is 332 g/mol. The number of thiazole rings is 1. The van der Waals surface area contributed by atoms with E-state index in [1.165, 1.54) is 5.56 Å². The van der Waals surface area contributed by atoms with Gasteiger partial charge in [0.1, 0.15) is 16.7 Å². The Labute approximate surface area is 142 Å². The summed E-state index contributed by atoms with van der Waals surface area (Å²) in [6, 6.07) is 10.6. The first kappa shape index (κ1) is 16.6. The Hall–Kier alpha value is -1.27. The summed E-state index contributed by atoms with van der Waals surface area (Å²) in [4.78, 5) is 7.20. The second-order valence-corrected chi connectivity index (χ2v) is 7.26. The average Bonchev–Trinajstić information content (AvgIpc) is 3.07. The molecule has 1 saturated heterocycles. The minimum absolute atomic E-state index is 0.0545. The Balaban J connectivity index is 1.67. The summed E-state index contributed by atoms with van der Waals surface area (Å²) in [6.45, 7) is 7.63. The second-order valence-electron chi connectivity index (χ2n) is 6.37. The van der Waals surface area contributed by atoms with Crippen molar-refractivity contribution >= 4 is 11.3 Å². The van der Waals surface area contributed by atoms with Gasteiger partial charge in [0.15, 0.2) is 0 Å². The number of hydrogen-bond donors (Lipinski definition) is 0. The third-order valence-corrected chi connectivity index (χ3v) is 5.26. The van der Waals surface area contributed by atoms with Gasteiger partial charge in [-0.25, -0.2) is 4.98 Å². The molecule has 0 amide bonds. The minimum atomic E-state index is -0.354. The Morgan fingerprint density at radius 2 is 2.13 bits per heavy atom. The highest BCUT2D eigenvalue weighted by molar-refractivity contribution is 7.09. The average molecular weight is 332 g/mol. The van der Waals surface area contributed by atoms with Crippen LogP contribution >= 0.6 is 11.3 Å². The van der Waals surface area contributed by atoms with Crippen LogP contribution in [-0.4, -0.2) is 36.7 Å². The van der Waals surface area contributed by atoms with E-state index in [1.54, 1.807) is 18.4 Å². The van der Waals surface area contributed by atoms with Crippen LogP contribution in [0.25, 0.3) is 0 Å². The molecule has 1 atom stereocenters. The summed E-state index contributed by atoms with van der Waals surface area (Å²) in [5.41, 5.74) is 1.96. The first-order valence-corrected chi connectivity index (χ1v) is 8.85. The number of hydrogen-bond acceptors (Lipinski definition) is 5. The van der Waals surface area contributed by atoms with E-state index in [4.69, 9.17) is 14.5 Å². The van der Waals surface area contributed by atoms with Crippen molar-refractivity contribution in [1.29, 1.82) is 0 Å². The maximum atomic E-state index is 5.96. The molecular weight excluding hydrogens is 308 g/mol. The van der Waals surface area contributed by atoms with Crippen LogP contribution in [0.15, 0.2) is 35.7 Å². The van der Waals surface area contributed by atoms with E-state index in [2.05, 4.69) is 40.6 Å². The van der Waals surface area contributed by atoms with Gasteiger partial charge in [0.2, 0.25) is 0 Å². The van der Waals surface area contributed by atoms with E-state index in [1.807, 2.05) is 13.8 Å². The highest BCUT2D eigenvalue weighted by atomic mass is 32.1.